The summed E-state index contributed by atoms with van der Waals surface area (Å²) in [5.41, 5.74) is 3.58. The molecule has 1 saturated heterocycles. The number of carbonyl (C=O) groups is 1. The van der Waals surface area contributed by atoms with Crippen molar-refractivity contribution in [3.63, 3.8) is 0 Å². The van der Waals surface area contributed by atoms with E-state index in [1.807, 2.05) is 16.7 Å². The predicted molar refractivity (Wildman–Crippen MR) is 129 cm³/mol. The van der Waals surface area contributed by atoms with Gasteiger partial charge in [0.15, 0.2) is 0 Å². The van der Waals surface area contributed by atoms with Crippen molar-refractivity contribution in [3.05, 3.63) is 35.0 Å². The number of ether oxygens (including phenoxy) is 1. The van der Waals surface area contributed by atoms with Crippen LogP contribution in [0.2, 0.25) is 0 Å². The van der Waals surface area contributed by atoms with Crippen molar-refractivity contribution in [1.82, 2.24) is 29.7 Å². The molecule has 1 aromatic carbocycles. The molecule has 2 fully saturated rings. The Hall–Kier alpha value is -3.81. The molecule has 4 heterocycles. The lowest BCUT2D eigenvalue weighted by Gasteiger charge is -2.36. The molecule has 11 heteroatoms. The summed E-state index contributed by atoms with van der Waals surface area (Å²) in [4.78, 5) is 16.8. The van der Waals surface area contributed by atoms with Gasteiger partial charge in [-0.3, -0.25) is 4.79 Å². The summed E-state index contributed by atoms with van der Waals surface area (Å²) in [6.45, 7) is 2.80. The van der Waals surface area contributed by atoms with Gasteiger partial charge in [-0.2, -0.15) is 10.1 Å². The van der Waals surface area contributed by atoms with Gasteiger partial charge in [0.25, 0.3) is 5.91 Å². The number of nitriles is 1. The average Bonchev–Trinajstić information content (AvgIpc) is 3.58. The first-order valence-corrected chi connectivity index (χ1v) is 12.4. The lowest BCUT2D eigenvalue weighted by atomic mass is 9.75. The number of aryl methyl sites for hydroxylation is 2. The third-order valence-electron chi connectivity index (χ3n) is 8.04. The Labute approximate surface area is 212 Å². The van der Waals surface area contributed by atoms with Gasteiger partial charge >= 0.3 is 0 Å². The molecule has 1 atom stereocenters. The second-order valence-corrected chi connectivity index (χ2v) is 10.5. The maximum atomic E-state index is 14.0. The fourth-order valence-corrected chi connectivity index (χ4v) is 6.03. The highest BCUT2D eigenvalue weighted by Crippen LogP contribution is 2.53. The Morgan fingerprint density at radius 1 is 1.22 bits per heavy atom. The van der Waals surface area contributed by atoms with Gasteiger partial charge in [-0.1, -0.05) is 0 Å². The first-order valence-electron chi connectivity index (χ1n) is 12.4. The van der Waals surface area contributed by atoms with E-state index in [1.165, 1.54) is 4.80 Å². The molecule has 9 nitrogen and oxygen atoms in total. The lowest BCUT2D eigenvalue weighted by Crippen LogP contribution is -2.44. The number of benzene rings is 1. The first kappa shape index (κ1) is 23.6. The van der Waals surface area contributed by atoms with E-state index in [0.29, 0.717) is 48.8 Å². The van der Waals surface area contributed by atoms with Gasteiger partial charge in [-0.25, -0.2) is 8.78 Å². The number of halogens is 2. The summed E-state index contributed by atoms with van der Waals surface area (Å²) in [6, 6.07) is 7.94. The van der Waals surface area contributed by atoms with Crippen LogP contribution in [0.3, 0.4) is 0 Å². The highest BCUT2D eigenvalue weighted by molar-refractivity contribution is 5.96. The van der Waals surface area contributed by atoms with E-state index in [9.17, 15) is 18.8 Å². The number of hydrogen-bond acceptors (Lipinski definition) is 6. The molecule has 0 N–H and O–H groups in total. The molecule has 1 amide bonds. The summed E-state index contributed by atoms with van der Waals surface area (Å²) in [5, 5.41) is 22.2. The number of rotatable bonds is 4. The Bertz CT molecular complexity index is 1460. The number of carbonyl (C=O) groups excluding carboxylic acids is 1. The fourth-order valence-electron chi connectivity index (χ4n) is 6.03. The molecule has 2 aromatic heterocycles. The van der Waals surface area contributed by atoms with Crippen LogP contribution in [0.25, 0.3) is 22.6 Å². The van der Waals surface area contributed by atoms with Crippen molar-refractivity contribution in [1.29, 1.82) is 5.26 Å². The summed E-state index contributed by atoms with van der Waals surface area (Å²) < 4.78 is 35.6. The van der Waals surface area contributed by atoms with E-state index in [-0.39, 0.29) is 24.7 Å². The summed E-state index contributed by atoms with van der Waals surface area (Å²) in [5.74, 6) is -2.30. The predicted octanol–water partition coefficient (Wildman–Crippen LogP) is 3.94. The normalized spacial score (nSPS) is 22.2. The number of nitrogens with zero attached hydrogens (tertiary/aromatic N) is 7. The van der Waals surface area contributed by atoms with Crippen LogP contribution in [-0.4, -0.2) is 60.7 Å². The maximum absolute atomic E-state index is 14.0. The van der Waals surface area contributed by atoms with Gasteiger partial charge in [0, 0.05) is 31.5 Å². The van der Waals surface area contributed by atoms with Gasteiger partial charge in [-0.15, -0.1) is 10.2 Å². The third-order valence-corrected chi connectivity index (χ3v) is 8.04. The van der Waals surface area contributed by atoms with Crippen molar-refractivity contribution in [3.8, 4) is 34.5 Å². The minimum atomic E-state index is -2.70. The lowest BCUT2D eigenvalue weighted by molar-refractivity contribution is -0.0866. The monoisotopic (exact) mass is 507 g/mol. The van der Waals surface area contributed by atoms with Crippen LogP contribution in [0.5, 0.6) is 5.75 Å². The Kier molecular flexibility index (Phi) is 5.16. The first-order chi connectivity index (χ1) is 17.6. The fraction of sp³-hybridized carbons (Fsp3) is 0.500. The van der Waals surface area contributed by atoms with Gasteiger partial charge in [0.2, 0.25) is 11.7 Å². The average molecular weight is 508 g/mol. The van der Waals surface area contributed by atoms with E-state index in [2.05, 4.69) is 21.5 Å². The third kappa shape index (κ3) is 3.61. The molecule has 6 rings (SSSR count). The molecular formula is C26H27F2N7O2. The standard InChI is InChI=1S/C26H27F2N7O2/c1-25(14-29)6-4-7-35(25)24(36)20-11-18(16-12-26(27,28)13-16)22-17-10-19(23-30-32-33(2)31-23)21(37-3)9-15(17)5-8-34(20)22/h9-11,16H,4-8,12-13H2,1-3H3/t25-/m1/s1. The number of methoxy groups -OCH3 is 1. The zero-order valence-corrected chi connectivity index (χ0v) is 21.0. The second-order valence-electron chi connectivity index (χ2n) is 10.5. The van der Waals surface area contributed by atoms with Crippen LogP contribution < -0.4 is 4.74 Å². The largest absolute Gasteiger partial charge is 0.496 e. The van der Waals surface area contributed by atoms with E-state index in [0.717, 1.165) is 28.8 Å². The van der Waals surface area contributed by atoms with E-state index < -0.39 is 11.5 Å². The van der Waals surface area contributed by atoms with Crippen LogP contribution in [0.1, 0.15) is 60.1 Å². The molecule has 0 bridgehead atoms. The molecule has 2 aliphatic heterocycles. The Morgan fingerprint density at radius 2 is 2.00 bits per heavy atom. The van der Waals surface area contributed by atoms with Crippen LogP contribution in [-0.2, 0) is 20.0 Å². The molecule has 1 aliphatic carbocycles. The van der Waals surface area contributed by atoms with Crippen molar-refractivity contribution in [2.45, 2.75) is 63.0 Å². The van der Waals surface area contributed by atoms with Crippen LogP contribution in [0.4, 0.5) is 8.78 Å². The maximum Gasteiger partial charge on any atom is 0.271 e. The van der Waals surface area contributed by atoms with Gasteiger partial charge in [0.05, 0.1) is 31.5 Å². The molecule has 3 aromatic rings. The molecule has 3 aliphatic rings. The molecular weight excluding hydrogens is 480 g/mol. The van der Waals surface area contributed by atoms with E-state index >= 15 is 0 Å². The van der Waals surface area contributed by atoms with E-state index in [1.54, 1.807) is 32.0 Å². The molecule has 0 spiro atoms. The number of likely N-dealkylation sites (tertiary alicyclic amines) is 1. The number of amides is 1. The zero-order valence-electron chi connectivity index (χ0n) is 21.0. The zero-order chi connectivity index (χ0) is 26.1. The SMILES string of the molecule is COc1cc2c(cc1-c1nnn(C)n1)-c1c(C3CC(F)(F)C3)cc(C(=O)N3CCC[C@]3(C)C#N)n1CC2. The molecule has 0 unspecified atom stereocenters. The smallest absolute Gasteiger partial charge is 0.271 e. The van der Waals surface area contributed by atoms with Gasteiger partial charge in [0.1, 0.15) is 17.0 Å². The summed E-state index contributed by atoms with van der Waals surface area (Å²) >= 11 is 0. The number of tetrazole rings is 1. The highest BCUT2D eigenvalue weighted by atomic mass is 19.3. The number of alkyl halides is 2. The second kappa shape index (κ2) is 8.10. The minimum Gasteiger partial charge on any atom is -0.496 e. The highest BCUT2D eigenvalue weighted by Gasteiger charge is 2.48. The van der Waals surface area contributed by atoms with Crippen LogP contribution in [0.15, 0.2) is 18.2 Å². The van der Waals surface area contributed by atoms with Crippen molar-refractivity contribution >= 4 is 5.91 Å². The minimum absolute atomic E-state index is 0.229. The summed E-state index contributed by atoms with van der Waals surface area (Å²) in [6.07, 6.45) is 1.50. The molecule has 37 heavy (non-hydrogen) atoms. The van der Waals surface area contributed by atoms with Crippen LogP contribution in [0, 0.1) is 11.3 Å². The van der Waals surface area contributed by atoms with Gasteiger partial charge < -0.3 is 14.2 Å². The van der Waals surface area contributed by atoms with Crippen molar-refractivity contribution in [2.75, 3.05) is 13.7 Å². The molecule has 1 saturated carbocycles. The number of fused-ring (bicyclic) bond motifs is 3. The van der Waals surface area contributed by atoms with Gasteiger partial charge in [-0.05, 0) is 66.6 Å². The van der Waals surface area contributed by atoms with E-state index in [4.69, 9.17) is 4.74 Å². The Balaban J connectivity index is 1.52. The van der Waals surface area contributed by atoms with Crippen molar-refractivity contribution in [2.24, 2.45) is 7.05 Å². The quantitative estimate of drug-likeness (QED) is 0.530. The number of aromatic nitrogens is 5. The van der Waals surface area contributed by atoms with Crippen LogP contribution >= 0.6 is 0 Å². The Morgan fingerprint density at radius 3 is 2.65 bits per heavy atom. The number of hydrogen-bond donors (Lipinski definition) is 0. The topological polar surface area (TPSA) is 102 Å². The molecule has 192 valence electrons. The van der Waals surface area contributed by atoms with Crippen molar-refractivity contribution < 1.29 is 18.3 Å². The molecule has 0 radical (unpaired) electrons. The summed E-state index contributed by atoms with van der Waals surface area (Å²) in [7, 11) is 3.25.